The number of amides is 1. The molecule has 7 heteroatoms. The van der Waals surface area contributed by atoms with Gasteiger partial charge in [-0.15, -0.1) is 10.2 Å². The second-order valence-corrected chi connectivity index (χ2v) is 8.09. The molecule has 6 nitrogen and oxygen atoms in total. The number of aromatic nitrogens is 3. The first kappa shape index (κ1) is 20.9. The van der Waals surface area contributed by atoms with Gasteiger partial charge in [-0.3, -0.25) is 4.79 Å². The fourth-order valence-electron chi connectivity index (χ4n) is 3.23. The number of aryl methyl sites for hydroxylation is 1. The van der Waals surface area contributed by atoms with Gasteiger partial charge in [0.2, 0.25) is 5.91 Å². The summed E-state index contributed by atoms with van der Waals surface area (Å²) < 4.78 is 7.81. The standard InChI is InChI=1S/C24H24N4O2S/c1-3-28-22(15-30-21-12-8-17(2)9-13-21)26-27-24(28)31-16-23(29)25-20-11-10-18-6-4-5-7-19(18)14-20/h4-14H,3,15-16H2,1-2H3,(H,25,29). The van der Waals surface area contributed by atoms with Gasteiger partial charge >= 0.3 is 0 Å². The molecule has 1 heterocycles. The van der Waals surface area contributed by atoms with Crippen LogP contribution in [0.1, 0.15) is 18.3 Å². The molecule has 0 saturated carbocycles. The van der Waals surface area contributed by atoms with Crippen LogP contribution in [0.3, 0.4) is 0 Å². The van der Waals surface area contributed by atoms with E-state index in [0.29, 0.717) is 18.3 Å². The summed E-state index contributed by atoms with van der Waals surface area (Å²) in [5.74, 6) is 1.70. The number of carbonyl (C=O) groups is 1. The van der Waals surface area contributed by atoms with Crippen LogP contribution in [0.4, 0.5) is 5.69 Å². The Labute approximate surface area is 185 Å². The van der Waals surface area contributed by atoms with Crippen molar-refractivity contribution >= 4 is 34.1 Å². The summed E-state index contributed by atoms with van der Waals surface area (Å²) in [5.41, 5.74) is 1.97. The van der Waals surface area contributed by atoms with Crippen molar-refractivity contribution in [2.75, 3.05) is 11.1 Å². The molecule has 0 radical (unpaired) electrons. The zero-order valence-electron chi connectivity index (χ0n) is 17.5. The number of anilines is 1. The molecule has 0 aliphatic heterocycles. The van der Waals surface area contributed by atoms with Crippen LogP contribution >= 0.6 is 11.8 Å². The largest absolute Gasteiger partial charge is 0.486 e. The molecule has 0 aliphatic rings. The molecule has 31 heavy (non-hydrogen) atoms. The van der Waals surface area contributed by atoms with E-state index in [1.165, 1.54) is 17.3 Å². The van der Waals surface area contributed by atoms with Gasteiger partial charge in [0, 0.05) is 12.2 Å². The molecule has 0 fully saturated rings. The van der Waals surface area contributed by atoms with Crippen LogP contribution in [-0.4, -0.2) is 26.4 Å². The molecular formula is C24H24N4O2S. The fourth-order valence-corrected chi connectivity index (χ4v) is 4.05. The van der Waals surface area contributed by atoms with E-state index in [4.69, 9.17) is 4.74 Å². The van der Waals surface area contributed by atoms with Gasteiger partial charge in [-0.2, -0.15) is 0 Å². The molecule has 0 unspecified atom stereocenters. The molecule has 0 aliphatic carbocycles. The maximum absolute atomic E-state index is 12.5. The first-order valence-corrected chi connectivity index (χ1v) is 11.1. The summed E-state index contributed by atoms with van der Waals surface area (Å²) in [5, 5.41) is 14.4. The number of ether oxygens (including phenoxy) is 1. The predicted molar refractivity (Wildman–Crippen MR) is 125 cm³/mol. The van der Waals surface area contributed by atoms with Crippen molar-refractivity contribution < 1.29 is 9.53 Å². The molecule has 1 N–H and O–H groups in total. The summed E-state index contributed by atoms with van der Waals surface area (Å²) in [7, 11) is 0. The highest BCUT2D eigenvalue weighted by Crippen LogP contribution is 2.21. The molecule has 158 valence electrons. The molecule has 0 bridgehead atoms. The lowest BCUT2D eigenvalue weighted by Crippen LogP contribution is -2.15. The van der Waals surface area contributed by atoms with Crippen LogP contribution in [0.15, 0.2) is 71.9 Å². The lowest BCUT2D eigenvalue weighted by Gasteiger charge is -2.09. The highest BCUT2D eigenvalue weighted by atomic mass is 32.2. The molecule has 0 atom stereocenters. The van der Waals surface area contributed by atoms with Gasteiger partial charge in [0.1, 0.15) is 12.4 Å². The van der Waals surface area contributed by atoms with Gasteiger partial charge in [0.05, 0.1) is 5.75 Å². The molecule has 0 saturated heterocycles. The summed E-state index contributed by atoms with van der Waals surface area (Å²) in [4.78, 5) is 12.5. The van der Waals surface area contributed by atoms with Crippen molar-refractivity contribution in [2.45, 2.75) is 32.2 Å². The van der Waals surface area contributed by atoms with Crippen molar-refractivity contribution in [1.29, 1.82) is 0 Å². The second-order valence-electron chi connectivity index (χ2n) is 7.14. The van der Waals surface area contributed by atoms with Crippen LogP contribution in [0.5, 0.6) is 5.75 Å². The Hall–Kier alpha value is -3.32. The molecule has 4 aromatic rings. The van der Waals surface area contributed by atoms with Gasteiger partial charge in [0.25, 0.3) is 0 Å². The molecule has 1 amide bonds. The van der Waals surface area contributed by atoms with Crippen LogP contribution in [0.2, 0.25) is 0 Å². The molecule has 0 spiro atoms. The van der Waals surface area contributed by atoms with E-state index < -0.39 is 0 Å². The number of fused-ring (bicyclic) bond motifs is 1. The van der Waals surface area contributed by atoms with Gasteiger partial charge in [-0.1, -0.05) is 59.8 Å². The minimum atomic E-state index is -0.0802. The normalized spacial score (nSPS) is 10.9. The van der Waals surface area contributed by atoms with Crippen molar-refractivity contribution in [2.24, 2.45) is 0 Å². The Balaban J connectivity index is 1.35. The fraction of sp³-hybridized carbons (Fsp3) is 0.208. The van der Waals surface area contributed by atoms with Crippen molar-refractivity contribution in [3.8, 4) is 5.75 Å². The van der Waals surface area contributed by atoms with E-state index in [0.717, 1.165) is 28.0 Å². The lowest BCUT2D eigenvalue weighted by molar-refractivity contribution is -0.113. The average Bonchev–Trinajstić information content (AvgIpc) is 3.19. The number of nitrogens with one attached hydrogen (secondary N) is 1. The maximum atomic E-state index is 12.5. The first-order chi connectivity index (χ1) is 15.1. The van der Waals surface area contributed by atoms with E-state index in [2.05, 4.69) is 21.6 Å². The number of carbonyl (C=O) groups excluding carboxylic acids is 1. The number of benzene rings is 3. The smallest absolute Gasteiger partial charge is 0.234 e. The summed E-state index contributed by atoms with van der Waals surface area (Å²) in [6.45, 7) is 5.09. The number of nitrogens with zero attached hydrogens (tertiary/aromatic N) is 3. The number of rotatable bonds is 8. The van der Waals surface area contributed by atoms with Gasteiger partial charge in [-0.05, 0) is 48.9 Å². The second kappa shape index (κ2) is 9.66. The van der Waals surface area contributed by atoms with E-state index in [9.17, 15) is 4.79 Å². The van der Waals surface area contributed by atoms with Crippen LogP contribution in [0.25, 0.3) is 10.8 Å². The van der Waals surface area contributed by atoms with Crippen LogP contribution in [0, 0.1) is 6.92 Å². The Morgan fingerprint density at radius 3 is 2.58 bits per heavy atom. The minimum Gasteiger partial charge on any atom is -0.486 e. The van der Waals surface area contributed by atoms with Crippen molar-refractivity contribution in [3.63, 3.8) is 0 Å². The topological polar surface area (TPSA) is 69.0 Å². The third-order valence-electron chi connectivity index (χ3n) is 4.86. The Morgan fingerprint density at radius 2 is 1.81 bits per heavy atom. The number of hydrogen-bond donors (Lipinski definition) is 1. The van der Waals surface area contributed by atoms with Crippen molar-refractivity contribution in [1.82, 2.24) is 14.8 Å². The minimum absolute atomic E-state index is 0.0802. The van der Waals surface area contributed by atoms with Gasteiger partial charge in [-0.25, -0.2) is 0 Å². The van der Waals surface area contributed by atoms with Gasteiger partial charge < -0.3 is 14.6 Å². The molecule has 1 aromatic heterocycles. The van der Waals surface area contributed by atoms with Crippen molar-refractivity contribution in [3.05, 3.63) is 78.1 Å². The maximum Gasteiger partial charge on any atom is 0.234 e. The Morgan fingerprint density at radius 1 is 1.03 bits per heavy atom. The number of hydrogen-bond acceptors (Lipinski definition) is 5. The summed E-state index contributed by atoms with van der Waals surface area (Å²) >= 11 is 1.37. The molecule has 3 aromatic carbocycles. The van der Waals surface area contributed by atoms with Crippen LogP contribution < -0.4 is 10.1 Å². The monoisotopic (exact) mass is 432 g/mol. The zero-order valence-corrected chi connectivity index (χ0v) is 18.4. The van der Waals surface area contributed by atoms with Crippen LogP contribution in [-0.2, 0) is 17.9 Å². The van der Waals surface area contributed by atoms with Gasteiger partial charge in [0.15, 0.2) is 11.0 Å². The summed E-state index contributed by atoms with van der Waals surface area (Å²) in [6, 6.07) is 21.9. The Kier molecular flexibility index (Phi) is 6.52. The van der Waals surface area contributed by atoms with E-state index in [1.54, 1.807) is 0 Å². The highest BCUT2D eigenvalue weighted by Gasteiger charge is 2.14. The SMILES string of the molecule is CCn1c(COc2ccc(C)cc2)nnc1SCC(=O)Nc1ccc2ccccc2c1. The predicted octanol–water partition coefficient (Wildman–Crippen LogP) is 5.07. The molecular weight excluding hydrogens is 408 g/mol. The van der Waals surface area contributed by atoms with E-state index >= 15 is 0 Å². The summed E-state index contributed by atoms with van der Waals surface area (Å²) in [6.07, 6.45) is 0. The lowest BCUT2D eigenvalue weighted by atomic mass is 10.1. The highest BCUT2D eigenvalue weighted by molar-refractivity contribution is 7.99. The third kappa shape index (κ3) is 5.24. The average molecular weight is 433 g/mol. The Bertz CT molecular complexity index is 1190. The van der Waals surface area contributed by atoms with E-state index in [1.807, 2.05) is 79.1 Å². The first-order valence-electron chi connectivity index (χ1n) is 10.2. The third-order valence-corrected chi connectivity index (χ3v) is 5.83. The number of thioether (sulfide) groups is 1. The zero-order chi connectivity index (χ0) is 21.6. The van der Waals surface area contributed by atoms with E-state index in [-0.39, 0.29) is 11.7 Å². The quantitative estimate of drug-likeness (QED) is 0.394. The molecule has 4 rings (SSSR count).